The molecule has 4 bridgehead atoms. The number of nitrogens with zero attached hydrogens (tertiary/aromatic N) is 3. The third-order valence-electron chi connectivity index (χ3n) is 7.09. The second-order valence-corrected chi connectivity index (χ2v) is 9.98. The molecule has 5 rings (SSSR count). The van der Waals surface area contributed by atoms with Gasteiger partial charge in [0, 0.05) is 54.5 Å². The number of carbonyl (C=O) groups is 2. The number of rotatable bonds is 2. The van der Waals surface area contributed by atoms with Crippen LogP contribution in [0.4, 0.5) is 0 Å². The number of allylic oxidation sites excluding steroid dienone is 3. The molecule has 1 aromatic heterocycles. The van der Waals surface area contributed by atoms with Crippen LogP contribution in [0.15, 0.2) is 72.1 Å². The van der Waals surface area contributed by atoms with Crippen molar-refractivity contribution in [2.45, 2.75) is 38.5 Å². The lowest BCUT2D eigenvalue weighted by atomic mass is 9.94. The van der Waals surface area contributed by atoms with Crippen molar-refractivity contribution in [3.05, 3.63) is 77.7 Å². The summed E-state index contributed by atoms with van der Waals surface area (Å²) >= 11 is 0. The Morgan fingerprint density at radius 2 is 1.89 bits per heavy atom. The number of fused-ring (bicyclic) bond motifs is 8. The van der Waals surface area contributed by atoms with Crippen LogP contribution in [0.25, 0.3) is 16.5 Å². The van der Waals surface area contributed by atoms with Crippen molar-refractivity contribution in [3.8, 4) is 0 Å². The molecular weight excluding hydrogens is 452 g/mol. The Balaban J connectivity index is 1.71. The number of carbonyl (C=O) groups excluding carboxylic acids is 2. The molecule has 2 aromatic rings. The molecule has 188 valence electrons. The summed E-state index contributed by atoms with van der Waals surface area (Å²) in [5.41, 5.74) is 3.59. The Morgan fingerprint density at radius 3 is 2.72 bits per heavy atom. The zero-order valence-electron chi connectivity index (χ0n) is 21.2. The molecule has 7 heteroatoms. The van der Waals surface area contributed by atoms with E-state index in [1.165, 1.54) is 0 Å². The highest BCUT2D eigenvalue weighted by Crippen LogP contribution is 2.36. The molecule has 7 nitrogen and oxygen atoms in total. The monoisotopic (exact) mass is 486 g/mol. The minimum atomic E-state index is -0.338. The molecule has 36 heavy (non-hydrogen) atoms. The minimum Gasteiger partial charge on any atom is -0.375 e. The number of nitrogens with one attached hydrogen (secondary N) is 1. The third-order valence-corrected chi connectivity index (χ3v) is 7.09. The molecule has 0 saturated carbocycles. The average Bonchev–Trinajstić information content (AvgIpc) is 3.36. The Morgan fingerprint density at radius 1 is 1.08 bits per heavy atom. The van der Waals surface area contributed by atoms with E-state index in [0.29, 0.717) is 30.7 Å². The number of benzene rings is 1. The number of ether oxygens (including phenoxy) is 1. The predicted octanol–water partition coefficient (Wildman–Crippen LogP) is 3.49. The summed E-state index contributed by atoms with van der Waals surface area (Å²) in [6, 6.07) is 8.17. The molecule has 1 N–H and O–H groups in total. The summed E-state index contributed by atoms with van der Waals surface area (Å²) in [6.07, 6.45) is 13.8. The Hall–Kier alpha value is -3.42. The number of aromatic nitrogens is 1. The van der Waals surface area contributed by atoms with Crippen LogP contribution >= 0.6 is 0 Å². The summed E-state index contributed by atoms with van der Waals surface area (Å²) in [6.45, 7) is 4.99. The maximum absolute atomic E-state index is 13.2. The zero-order valence-corrected chi connectivity index (χ0v) is 21.2. The van der Waals surface area contributed by atoms with Crippen LogP contribution < -0.4 is 5.32 Å². The molecule has 0 saturated heterocycles. The smallest absolute Gasteiger partial charge is 0.259 e. The van der Waals surface area contributed by atoms with Gasteiger partial charge in [-0.2, -0.15) is 0 Å². The summed E-state index contributed by atoms with van der Waals surface area (Å²) < 4.78 is 8.54. The Bertz CT molecular complexity index is 1300. The van der Waals surface area contributed by atoms with Crippen LogP contribution in [0, 0.1) is 0 Å². The second kappa shape index (κ2) is 10.3. The van der Waals surface area contributed by atoms with Crippen LogP contribution in [0.5, 0.6) is 0 Å². The fourth-order valence-corrected chi connectivity index (χ4v) is 5.31. The normalized spacial score (nSPS) is 26.4. The van der Waals surface area contributed by atoms with Crippen LogP contribution in [0.2, 0.25) is 0 Å². The van der Waals surface area contributed by atoms with Gasteiger partial charge in [-0.1, -0.05) is 42.5 Å². The van der Waals surface area contributed by atoms with Gasteiger partial charge in [-0.15, -0.1) is 0 Å². The van der Waals surface area contributed by atoms with E-state index in [0.717, 1.165) is 41.5 Å². The van der Waals surface area contributed by atoms with E-state index in [4.69, 9.17) is 4.74 Å². The first kappa shape index (κ1) is 24.3. The quantitative estimate of drug-likeness (QED) is 0.659. The van der Waals surface area contributed by atoms with E-state index in [2.05, 4.69) is 65.1 Å². The highest BCUT2D eigenvalue weighted by molar-refractivity contribution is 6.38. The molecular formula is C29H34N4O3. The zero-order chi connectivity index (χ0) is 25.2. The second-order valence-electron chi connectivity index (χ2n) is 9.98. The van der Waals surface area contributed by atoms with Gasteiger partial charge in [0.05, 0.1) is 23.9 Å². The van der Waals surface area contributed by atoms with Crippen molar-refractivity contribution in [1.29, 1.82) is 0 Å². The van der Waals surface area contributed by atoms with E-state index in [1.807, 2.05) is 36.5 Å². The van der Waals surface area contributed by atoms with Crippen molar-refractivity contribution in [2.24, 2.45) is 0 Å². The van der Waals surface area contributed by atoms with Gasteiger partial charge in [0.1, 0.15) is 0 Å². The maximum atomic E-state index is 13.2. The van der Waals surface area contributed by atoms with E-state index < -0.39 is 0 Å². The summed E-state index contributed by atoms with van der Waals surface area (Å²) in [5.74, 6) is -0.665. The number of hydrogen-bond donors (Lipinski definition) is 1. The summed E-state index contributed by atoms with van der Waals surface area (Å²) in [4.78, 5) is 30.9. The molecule has 1 aromatic carbocycles. The number of amides is 2. The van der Waals surface area contributed by atoms with Gasteiger partial charge in [-0.25, -0.2) is 0 Å². The number of imide groups is 1. The fraction of sp³-hybridized carbons (Fsp3) is 0.379. The highest BCUT2D eigenvalue weighted by Gasteiger charge is 2.35. The molecule has 3 aliphatic heterocycles. The largest absolute Gasteiger partial charge is 0.375 e. The van der Waals surface area contributed by atoms with Crippen LogP contribution in [-0.2, 0) is 20.9 Å². The SMILES string of the molecule is CC1/C=C\C=C/C/C2=C\N1CC[C@H](CN(C)C)OCCn1cc(c3ccccc31)C1=C2C(=O)NC1=O. The predicted molar refractivity (Wildman–Crippen MR) is 142 cm³/mol. The van der Waals surface area contributed by atoms with Crippen molar-refractivity contribution in [2.75, 3.05) is 33.8 Å². The molecule has 0 aliphatic carbocycles. The van der Waals surface area contributed by atoms with Crippen molar-refractivity contribution in [1.82, 2.24) is 19.7 Å². The summed E-state index contributed by atoms with van der Waals surface area (Å²) in [7, 11) is 4.14. The van der Waals surface area contributed by atoms with Crippen LogP contribution in [-0.4, -0.2) is 72.1 Å². The average molecular weight is 487 g/mol. The number of para-hydroxylation sites is 1. The molecule has 4 heterocycles. The van der Waals surface area contributed by atoms with Crippen LogP contribution in [0.1, 0.15) is 25.3 Å². The van der Waals surface area contributed by atoms with E-state index in [-0.39, 0.29) is 24.0 Å². The van der Waals surface area contributed by atoms with Gasteiger partial charge in [0.15, 0.2) is 0 Å². The molecule has 2 amide bonds. The fourth-order valence-electron chi connectivity index (χ4n) is 5.31. The Labute approximate surface area is 212 Å². The Kier molecular flexibility index (Phi) is 6.94. The summed E-state index contributed by atoms with van der Waals surface area (Å²) in [5, 5.41) is 3.54. The van der Waals surface area contributed by atoms with E-state index in [1.54, 1.807) is 0 Å². The lowest BCUT2D eigenvalue weighted by Crippen LogP contribution is -2.35. The van der Waals surface area contributed by atoms with Gasteiger partial charge in [0.2, 0.25) is 0 Å². The molecule has 3 aliphatic rings. The number of hydrogen-bond acceptors (Lipinski definition) is 5. The number of likely N-dealkylation sites (N-methyl/N-ethyl adjacent to an activating group) is 1. The van der Waals surface area contributed by atoms with Crippen molar-refractivity contribution < 1.29 is 14.3 Å². The molecule has 2 atom stereocenters. The molecule has 0 spiro atoms. The van der Waals surface area contributed by atoms with Gasteiger partial charge in [-0.3, -0.25) is 14.9 Å². The maximum Gasteiger partial charge on any atom is 0.259 e. The standard InChI is InChI=1S/C29H34N4O3/c1-20-9-5-4-6-10-21-17-32(20)14-13-22(18-31(2)3)36-16-15-33-19-24(23-11-7-8-12-25(23)33)27-26(21)28(34)30-29(27)35/h4-9,11-12,17,19-20,22H,10,13-16,18H2,1-3H3,(H,30,34,35)/b6-4-,9-5-,21-17+/t20?,22-/m1/s1. The lowest BCUT2D eigenvalue weighted by molar-refractivity contribution is -0.123. The van der Waals surface area contributed by atoms with Gasteiger partial charge >= 0.3 is 0 Å². The minimum absolute atomic E-state index is 0.0779. The van der Waals surface area contributed by atoms with Gasteiger partial charge in [0.25, 0.3) is 11.8 Å². The first-order valence-electron chi connectivity index (χ1n) is 12.7. The van der Waals surface area contributed by atoms with Gasteiger partial charge in [-0.05, 0) is 45.5 Å². The van der Waals surface area contributed by atoms with Crippen molar-refractivity contribution >= 4 is 28.3 Å². The molecule has 1 unspecified atom stereocenters. The van der Waals surface area contributed by atoms with E-state index >= 15 is 0 Å². The highest BCUT2D eigenvalue weighted by atomic mass is 16.5. The van der Waals surface area contributed by atoms with E-state index in [9.17, 15) is 9.59 Å². The third kappa shape index (κ3) is 4.81. The van der Waals surface area contributed by atoms with Crippen LogP contribution in [0.3, 0.4) is 0 Å². The van der Waals surface area contributed by atoms with Crippen molar-refractivity contribution in [3.63, 3.8) is 0 Å². The first-order chi connectivity index (χ1) is 17.4. The lowest BCUT2D eigenvalue weighted by Gasteiger charge is -2.30. The topological polar surface area (TPSA) is 66.8 Å². The van der Waals surface area contributed by atoms with Gasteiger partial charge < -0.3 is 19.1 Å². The molecule has 0 fully saturated rings. The first-order valence-corrected chi connectivity index (χ1v) is 12.7. The molecule has 0 radical (unpaired) electrons.